The Bertz CT molecular complexity index is 437. The molecule has 0 spiro atoms. The molecule has 3 nitrogen and oxygen atoms in total. The molecule has 6 heteroatoms. The van der Waals surface area contributed by atoms with Gasteiger partial charge in [-0.15, -0.1) is 11.3 Å². The molecule has 0 aliphatic heterocycles. The molecular weight excluding hydrogens is 254 g/mol. The first-order valence-corrected chi connectivity index (χ1v) is 7.30. The lowest BCUT2D eigenvalue weighted by Gasteiger charge is -2.21. The lowest BCUT2D eigenvalue weighted by Crippen LogP contribution is -2.31. The normalized spacial score (nSPS) is 13.1. The highest BCUT2D eigenvalue weighted by atomic mass is 35.5. The van der Waals surface area contributed by atoms with Crippen LogP contribution in [0, 0.1) is 5.41 Å². The molecule has 0 fully saturated rings. The molecule has 15 heavy (non-hydrogen) atoms. The third-order valence-electron chi connectivity index (χ3n) is 1.99. The lowest BCUT2D eigenvalue weighted by atomic mass is 9.97. The second-order valence-corrected chi connectivity index (χ2v) is 8.12. The molecular formula is C9H14ClNO2S2. The van der Waals surface area contributed by atoms with Crippen LogP contribution < -0.4 is 5.73 Å². The average Bonchev–Trinajstić information content (AvgIpc) is 2.51. The van der Waals surface area contributed by atoms with Gasteiger partial charge in [0, 0.05) is 0 Å². The maximum absolute atomic E-state index is 11.9. The van der Waals surface area contributed by atoms with E-state index in [9.17, 15) is 8.42 Å². The molecule has 0 saturated heterocycles. The van der Waals surface area contributed by atoms with E-state index < -0.39 is 15.3 Å². The summed E-state index contributed by atoms with van der Waals surface area (Å²) in [6.07, 6.45) is 0. The Labute approximate surface area is 99.2 Å². The van der Waals surface area contributed by atoms with Crippen molar-refractivity contribution < 1.29 is 8.42 Å². The molecule has 2 N–H and O–H groups in total. The molecule has 0 unspecified atom stereocenters. The second kappa shape index (κ2) is 4.41. The summed E-state index contributed by atoms with van der Waals surface area (Å²) in [5, 5.41) is 0. The zero-order valence-electron chi connectivity index (χ0n) is 8.66. The summed E-state index contributed by atoms with van der Waals surface area (Å²) in [6, 6.07) is 3.13. The summed E-state index contributed by atoms with van der Waals surface area (Å²) in [4.78, 5) is 0. The highest BCUT2D eigenvalue weighted by molar-refractivity contribution is 7.93. The molecule has 0 saturated carbocycles. The summed E-state index contributed by atoms with van der Waals surface area (Å²) in [7, 11) is -3.26. The standard InChI is InChI=1S/C9H14ClNO2S2/c1-9(2,5-11)6-15(12,13)8-4-3-7(10)14-8/h3-4H,5-6,11H2,1-2H3. The molecule has 0 aromatic carbocycles. The van der Waals surface area contributed by atoms with E-state index in [-0.39, 0.29) is 5.75 Å². The Morgan fingerprint density at radius 1 is 1.47 bits per heavy atom. The zero-order chi connectivity index (χ0) is 11.7. The van der Waals surface area contributed by atoms with Crippen molar-refractivity contribution in [2.24, 2.45) is 11.1 Å². The fourth-order valence-electron chi connectivity index (χ4n) is 1.11. The third kappa shape index (κ3) is 3.45. The van der Waals surface area contributed by atoms with Gasteiger partial charge >= 0.3 is 0 Å². The van der Waals surface area contributed by atoms with Gasteiger partial charge in [0.15, 0.2) is 9.84 Å². The molecule has 1 heterocycles. The van der Waals surface area contributed by atoms with Crippen LogP contribution in [0.3, 0.4) is 0 Å². The van der Waals surface area contributed by atoms with Crippen LogP contribution in [0.25, 0.3) is 0 Å². The summed E-state index contributed by atoms with van der Waals surface area (Å²) < 4.78 is 24.6. The van der Waals surface area contributed by atoms with E-state index in [0.29, 0.717) is 15.1 Å². The van der Waals surface area contributed by atoms with Crippen molar-refractivity contribution in [3.8, 4) is 0 Å². The van der Waals surface area contributed by atoms with Crippen LogP contribution >= 0.6 is 22.9 Å². The van der Waals surface area contributed by atoms with Crippen LogP contribution in [-0.4, -0.2) is 20.7 Å². The molecule has 0 aliphatic carbocycles. The smallest absolute Gasteiger partial charge is 0.188 e. The minimum Gasteiger partial charge on any atom is -0.330 e. The summed E-state index contributed by atoms with van der Waals surface area (Å²) >= 11 is 6.78. The van der Waals surface area contributed by atoms with Crippen molar-refractivity contribution in [1.82, 2.24) is 0 Å². The van der Waals surface area contributed by atoms with E-state index in [2.05, 4.69) is 0 Å². The molecule has 1 rings (SSSR count). The van der Waals surface area contributed by atoms with Crippen molar-refractivity contribution >= 4 is 32.8 Å². The molecule has 0 bridgehead atoms. The zero-order valence-corrected chi connectivity index (χ0v) is 11.0. The summed E-state index contributed by atoms with van der Waals surface area (Å²) in [5.74, 6) is 0.0490. The molecule has 0 atom stereocenters. The molecule has 86 valence electrons. The van der Waals surface area contributed by atoms with Gasteiger partial charge in [0.2, 0.25) is 0 Å². The SMILES string of the molecule is CC(C)(CN)CS(=O)(=O)c1ccc(Cl)s1. The van der Waals surface area contributed by atoms with Gasteiger partial charge in [0.25, 0.3) is 0 Å². The first-order chi connectivity index (χ1) is 6.77. The summed E-state index contributed by atoms with van der Waals surface area (Å²) in [6.45, 7) is 4.00. The highest BCUT2D eigenvalue weighted by Crippen LogP contribution is 2.29. The largest absolute Gasteiger partial charge is 0.330 e. The fourth-order valence-corrected chi connectivity index (χ4v) is 4.54. The van der Waals surface area contributed by atoms with Gasteiger partial charge in [-0.25, -0.2) is 8.42 Å². The van der Waals surface area contributed by atoms with E-state index in [1.54, 1.807) is 6.07 Å². The topological polar surface area (TPSA) is 60.2 Å². The molecule has 0 radical (unpaired) electrons. The van der Waals surface area contributed by atoms with Gasteiger partial charge in [0.1, 0.15) is 4.21 Å². The van der Waals surface area contributed by atoms with E-state index in [4.69, 9.17) is 17.3 Å². The van der Waals surface area contributed by atoms with Gasteiger partial charge in [-0.3, -0.25) is 0 Å². The predicted molar refractivity (Wildman–Crippen MR) is 64.2 cm³/mol. The minimum atomic E-state index is -3.26. The van der Waals surface area contributed by atoms with Gasteiger partial charge in [-0.2, -0.15) is 0 Å². The van der Waals surface area contributed by atoms with Crippen molar-refractivity contribution in [3.05, 3.63) is 16.5 Å². The number of thiophene rings is 1. The Balaban J connectivity index is 2.95. The Morgan fingerprint density at radius 2 is 2.07 bits per heavy atom. The van der Waals surface area contributed by atoms with Crippen molar-refractivity contribution in [2.75, 3.05) is 12.3 Å². The first kappa shape index (κ1) is 13.0. The maximum atomic E-state index is 11.9. The van der Waals surface area contributed by atoms with E-state index >= 15 is 0 Å². The van der Waals surface area contributed by atoms with Gasteiger partial charge in [-0.1, -0.05) is 25.4 Å². The quantitative estimate of drug-likeness (QED) is 0.909. The number of nitrogens with two attached hydrogens (primary N) is 1. The van der Waals surface area contributed by atoms with Crippen molar-refractivity contribution in [1.29, 1.82) is 0 Å². The van der Waals surface area contributed by atoms with Crippen LogP contribution in [0.15, 0.2) is 16.3 Å². The number of rotatable bonds is 4. The maximum Gasteiger partial charge on any atom is 0.188 e. The van der Waals surface area contributed by atoms with Gasteiger partial charge in [-0.05, 0) is 24.1 Å². The molecule has 0 amide bonds. The summed E-state index contributed by atoms with van der Waals surface area (Å²) in [5.41, 5.74) is 5.10. The number of hydrogen-bond donors (Lipinski definition) is 1. The average molecular weight is 268 g/mol. The second-order valence-electron chi connectivity index (χ2n) is 4.19. The molecule has 1 aromatic rings. The molecule has 1 aromatic heterocycles. The van der Waals surface area contributed by atoms with Gasteiger partial charge < -0.3 is 5.73 Å². The Kier molecular flexibility index (Phi) is 3.81. The van der Waals surface area contributed by atoms with Crippen LogP contribution in [-0.2, 0) is 9.84 Å². The van der Waals surface area contributed by atoms with Crippen LogP contribution in [0.4, 0.5) is 0 Å². The van der Waals surface area contributed by atoms with E-state index in [0.717, 1.165) is 11.3 Å². The van der Waals surface area contributed by atoms with Crippen molar-refractivity contribution in [2.45, 2.75) is 18.1 Å². The lowest BCUT2D eigenvalue weighted by molar-refractivity contribution is 0.425. The molecule has 0 aliphatic rings. The number of halogens is 1. The third-order valence-corrected chi connectivity index (χ3v) is 5.94. The van der Waals surface area contributed by atoms with E-state index in [1.165, 1.54) is 6.07 Å². The van der Waals surface area contributed by atoms with Crippen LogP contribution in [0.1, 0.15) is 13.8 Å². The minimum absolute atomic E-state index is 0.0490. The fraction of sp³-hybridized carbons (Fsp3) is 0.556. The monoisotopic (exact) mass is 267 g/mol. The van der Waals surface area contributed by atoms with Crippen LogP contribution in [0.2, 0.25) is 4.34 Å². The van der Waals surface area contributed by atoms with Crippen LogP contribution in [0.5, 0.6) is 0 Å². The number of hydrogen-bond acceptors (Lipinski definition) is 4. The number of sulfone groups is 1. The van der Waals surface area contributed by atoms with Gasteiger partial charge in [0.05, 0.1) is 10.1 Å². The predicted octanol–water partition coefficient (Wildman–Crippen LogP) is 2.16. The van der Waals surface area contributed by atoms with E-state index in [1.807, 2.05) is 13.8 Å². The highest BCUT2D eigenvalue weighted by Gasteiger charge is 2.27. The van der Waals surface area contributed by atoms with Crippen molar-refractivity contribution in [3.63, 3.8) is 0 Å². The first-order valence-electron chi connectivity index (χ1n) is 4.45. The Morgan fingerprint density at radius 3 is 2.47 bits per heavy atom. The Hall–Kier alpha value is -0.100.